The van der Waals surface area contributed by atoms with Crippen LogP contribution >= 0.6 is 22.9 Å². The first-order valence-corrected chi connectivity index (χ1v) is 9.30. The number of hydrogen-bond acceptors (Lipinski definition) is 5. The van der Waals surface area contributed by atoms with Gasteiger partial charge in [-0.3, -0.25) is 4.79 Å². The Hall–Kier alpha value is -2.05. The first-order valence-electron chi connectivity index (χ1n) is 8.04. The van der Waals surface area contributed by atoms with Crippen molar-refractivity contribution in [2.24, 2.45) is 0 Å². The molecule has 1 aromatic carbocycles. The fourth-order valence-electron chi connectivity index (χ4n) is 2.75. The van der Waals surface area contributed by atoms with E-state index in [1.807, 2.05) is 42.6 Å². The number of amides is 1. The van der Waals surface area contributed by atoms with Crippen molar-refractivity contribution in [3.8, 4) is 0 Å². The van der Waals surface area contributed by atoms with Crippen LogP contribution in [0.15, 0.2) is 35.7 Å². The Morgan fingerprint density at radius 2 is 1.96 bits per heavy atom. The Morgan fingerprint density at radius 1 is 1.20 bits per heavy atom. The molecule has 0 unspecified atom stereocenters. The second-order valence-corrected chi connectivity index (χ2v) is 7.21. The second kappa shape index (κ2) is 7.89. The molecule has 0 bridgehead atoms. The molecule has 25 heavy (non-hydrogen) atoms. The summed E-state index contributed by atoms with van der Waals surface area (Å²) < 4.78 is 5.16. The molecule has 2 heterocycles. The number of anilines is 1. The number of rotatable bonds is 4. The van der Waals surface area contributed by atoms with Gasteiger partial charge in [-0.2, -0.15) is 0 Å². The smallest absolute Gasteiger partial charge is 0.349 e. The van der Waals surface area contributed by atoms with E-state index in [1.54, 1.807) is 4.90 Å². The lowest BCUT2D eigenvalue weighted by atomic mass is 10.2. The molecule has 0 saturated carbocycles. The fourth-order valence-corrected chi connectivity index (χ4v) is 3.75. The minimum absolute atomic E-state index is 0.159. The highest BCUT2D eigenvalue weighted by Gasteiger charge is 2.23. The summed E-state index contributed by atoms with van der Waals surface area (Å²) in [7, 11) is 0. The summed E-state index contributed by atoms with van der Waals surface area (Å²) in [6.45, 7) is 4.29. The van der Waals surface area contributed by atoms with Crippen LogP contribution in [0.3, 0.4) is 0 Å². The summed E-state index contributed by atoms with van der Waals surface area (Å²) in [6, 6.07) is 9.55. The molecule has 1 amide bonds. The lowest BCUT2D eigenvalue weighted by molar-refractivity contribution is -0.134. The minimum Gasteiger partial charge on any atom is -0.451 e. The molecule has 1 aliphatic heterocycles. The standard InChI is InChI=1S/C18H19ClN2O3S/c1-13-5-10-25-17(13)18(23)24-12-16(22)21-8-6-20(7-9-21)15-4-2-3-14(19)11-15/h2-5,10-11H,6-9,12H2,1H3. The van der Waals surface area contributed by atoms with Crippen LogP contribution in [0.4, 0.5) is 5.69 Å². The summed E-state index contributed by atoms with van der Waals surface area (Å²) >= 11 is 7.36. The van der Waals surface area contributed by atoms with E-state index in [1.165, 1.54) is 11.3 Å². The molecule has 3 rings (SSSR count). The predicted octanol–water partition coefficient (Wildman–Crippen LogP) is 3.22. The molecule has 0 aliphatic carbocycles. The van der Waals surface area contributed by atoms with Crippen molar-refractivity contribution in [3.05, 3.63) is 51.2 Å². The van der Waals surface area contributed by atoms with Crippen molar-refractivity contribution >= 4 is 40.5 Å². The Labute approximate surface area is 155 Å². The van der Waals surface area contributed by atoms with Gasteiger partial charge in [-0.15, -0.1) is 11.3 Å². The fraction of sp³-hybridized carbons (Fsp3) is 0.333. The van der Waals surface area contributed by atoms with E-state index >= 15 is 0 Å². The third-order valence-corrected chi connectivity index (χ3v) is 5.41. The van der Waals surface area contributed by atoms with Gasteiger partial charge in [-0.25, -0.2) is 4.79 Å². The van der Waals surface area contributed by atoms with Crippen molar-refractivity contribution in [1.82, 2.24) is 4.90 Å². The number of piperazine rings is 1. The van der Waals surface area contributed by atoms with Crippen LogP contribution in [0.1, 0.15) is 15.2 Å². The van der Waals surface area contributed by atoms with Gasteiger partial charge in [0.25, 0.3) is 5.91 Å². The van der Waals surface area contributed by atoms with Crippen molar-refractivity contribution in [1.29, 1.82) is 0 Å². The highest BCUT2D eigenvalue weighted by molar-refractivity contribution is 7.12. The van der Waals surface area contributed by atoms with Gasteiger partial charge in [0.05, 0.1) is 0 Å². The van der Waals surface area contributed by atoms with Crippen molar-refractivity contribution in [2.75, 3.05) is 37.7 Å². The summed E-state index contributed by atoms with van der Waals surface area (Å²) in [5.41, 5.74) is 1.93. The van der Waals surface area contributed by atoms with E-state index in [-0.39, 0.29) is 12.5 Å². The van der Waals surface area contributed by atoms with Crippen LogP contribution in [0, 0.1) is 6.92 Å². The van der Waals surface area contributed by atoms with Gasteiger partial charge in [0.1, 0.15) is 4.88 Å². The molecule has 1 fully saturated rings. The topological polar surface area (TPSA) is 49.9 Å². The number of esters is 1. The van der Waals surface area contributed by atoms with Crippen LogP contribution in [0.25, 0.3) is 0 Å². The number of ether oxygens (including phenoxy) is 1. The molecule has 1 saturated heterocycles. The van der Waals surface area contributed by atoms with Crippen LogP contribution in [0.5, 0.6) is 0 Å². The first-order chi connectivity index (χ1) is 12.0. The SMILES string of the molecule is Cc1ccsc1C(=O)OCC(=O)N1CCN(c2cccc(Cl)c2)CC1. The number of carbonyl (C=O) groups is 2. The molecule has 2 aromatic rings. The number of halogens is 1. The molecular weight excluding hydrogens is 360 g/mol. The Balaban J connectivity index is 1.48. The Bertz CT molecular complexity index is 769. The van der Waals surface area contributed by atoms with Crippen molar-refractivity contribution < 1.29 is 14.3 Å². The van der Waals surface area contributed by atoms with E-state index in [0.29, 0.717) is 23.0 Å². The van der Waals surface area contributed by atoms with Gasteiger partial charge in [-0.1, -0.05) is 17.7 Å². The second-order valence-electron chi connectivity index (χ2n) is 5.86. The number of carbonyl (C=O) groups excluding carboxylic acids is 2. The van der Waals surface area contributed by atoms with Crippen molar-refractivity contribution in [2.45, 2.75) is 6.92 Å². The van der Waals surface area contributed by atoms with Crippen LogP contribution < -0.4 is 4.90 Å². The molecule has 5 nitrogen and oxygen atoms in total. The number of aryl methyl sites for hydroxylation is 1. The molecular formula is C18H19ClN2O3S. The van der Waals surface area contributed by atoms with E-state index < -0.39 is 5.97 Å². The number of nitrogens with zero attached hydrogens (tertiary/aromatic N) is 2. The van der Waals surface area contributed by atoms with E-state index in [9.17, 15) is 9.59 Å². The molecule has 0 N–H and O–H groups in total. The number of hydrogen-bond donors (Lipinski definition) is 0. The molecule has 0 atom stereocenters. The third kappa shape index (κ3) is 4.32. The summed E-state index contributed by atoms with van der Waals surface area (Å²) in [5.74, 6) is -0.591. The quantitative estimate of drug-likeness (QED) is 0.766. The summed E-state index contributed by atoms with van der Waals surface area (Å²) in [5, 5.41) is 2.54. The van der Waals surface area contributed by atoms with Gasteiger partial charge < -0.3 is 14.5 Å². The van der Waals surface area contributed by atoms with Crippen molar-refractivity contribution in [3.63, 3.8) is 0 Å². The molecule has 0 radical (unpaired) electrons. The van der Waals surface area contributed by atoms with E-state index in [4.69, 9.17) is 16.3 Å². The zero-order valence-corrected chi connectivity index (χ0v) is 15.5. The third-order valence-electron chi connectivity index (χ3n) is 4.18. The average Bonchev–Trinajstić information content (AvgIpc) is 3.05. The molecule has 132 valence electrons. The number of benzene rings is 1. The van der Waals surface area contributed by atoms with Crippen LogP contribution in [-0.2, 0) is 9.53 Å². The average molecular weight is 379 g/mol. The van der Waals surface area contributed by atoms with Gasteiger partial charge in [0.2, 0.25) is 0 Å². The Morgan fingerprint density at radius 3 is 2.60 bits per heavy atom. The predicted molar refractivity (Wildman–Crippen MR) is 99.6 cm³/mol. The zero-order chi connectivity index (χ0) is 17.8. The molecule has 1 aromatic heterocycles. The maximum Gasteiger partial charge on any atom is 0.349 e. The molecule has 0 spiro atoms. The van der Waals surface area contributed by atoms with E-state index in [2.05, 4.69) is 4.90 Å². The maximum atomic E-state index is 12.3. The lowest BCUT2D eigenvalue weighted by Gasteiger charge is -2.36. The number of thiophene rings is 1. The summed E-state index contributed by atoms with van der Waals surface area (Å²) in [6.07, 6.45) is 0. The normalized spacial score (nSPS) is 14.5. The largest absolute Gasteiger partial charge is 0.451 e. The van der Waals surface area contributed by atoms with Gasteiger partial charge >= 0.3 is 5.97 Å². The molecule has 1 aliphatic rings. The summed E-state index contributed by atoms with van der Waals surface area (Å²) in [4.78, 5) is 28.7. The maximum absolute atomic E-state index is 12.3. The van der Waals surface area contributed by atoms with Gasteiger partial charge in [-0.05, 0) is 42.1 Å². The minimum atomic E-state index is -0.432. The van der Waals surface area contributed by atoms with Crippen LogP contribution in [0.2, 0.25) is 5.02 Å². The lowest BCUT2D eigenvalue weighted by Crippen LogP contribution is -2.49. The zero-order valence-electron chi connectivity index (χ0n) is 13.9. The Kier molecular flexibility index (Phi) is 5.60. The highest BCUT2D eigenvalue weighted by Crippen LogP contribution is 2.21. The highest BCUT2D eigenvalue weighted by atomic mass is 35.5. The molecule has 7 heteroatoms. The van der Waals surface area contributed by atoms with Gasteiger partial charge in [0, 0.05) is 36.9 Å². The van der Waals surface area contributed by atoms with Crippen LogP contribution in [-0.4, -0.2) is 49.6 Å². The van der Waals surface area contributed by atoms with Gasteiger partial charge in [0.15, 0.2) is 6.61 Å². The first kappa shape index (κ1) is 17.8. The van der Waals surface area contributed by atoms with E-state index in [0.717, 1.165) is 24.3 Å². The monoisotopic (exact) mass is 378 g/mol.